The third kappa shape index (κ3) is 2.28. The molecule has 0 aliphatic carbocycles. The molecule has 0 fully saturated rings. The van der Waals surface area contributed by atoms with Crippen molar-refractivity contribution in [3.63, 3.8) is 0 Å². The lowest BCUT2D eigenvalue weighted by atomic mass is 10.1. The summed E-state index contributed by atoms with van der Waals surface area (Å²) in [6.07, 6.45) is 0. The largest absolute Gasteiger partial charge is 0.354 e. The third-order valence-electron chi connectivity index (χ3n) is 3.70. The van der Waals surface area contributed by atoms with Crippen molar-refractivity contribution in [3.8, 4) is 0 Å². The Morgan fingerprint density at radius 1 is 0.682 bits per heavy atom. The highest BCUT2D eigenvalue weighted by molar-refractivity contribution is 6.30. The van der Waals surface area contributed by atoms with Crippen LogP contribution >= 0.6 is 11.6 Å². The van der Waals surface area contributed by atoms with Gasteiger partial charge in [0.15, 0.2) is 0 Å². The molecule has 106 valence electrons. The number of hydrogen-bond donors (Lipinski definition) is 1. The van der Waals surface area contributed by atoms with Gasteiger partial charge in [0.1, 0.15) is 0 Å². The van der Waals surface area contributed by atoms with Crippen LogP contribution in [0.3, 0.4) is 0 Å². The molecule has 0 amide bonds. The number of pyridine rings is 1. The summed E-state index contributed by atoms with van der Waals surface area (Å²) in [5, 5.41) is 6.47. The molecule has 0 aliphatic heterocycles. The summed E-state index contributed by atoms with van der Waals surface area (Å²) in [5.74, 6) is 0. The summed E-state index contributed by atoms with van der Waals surface area (Å²) in [6, 6.07) is 24.1. The fourth-order valence-corrected chi connectivity index (χ4v) is 2.78. The Balaban J connectivity index is 1.97. The number of nitrogens with zero attached hydrogens (tertiary/aromatic N) is 1. The second kappa shape index (κ2) is 5.32. The van der Waals surface area contributed by atoms with Crippen LogP contribution in [0.4, 0.5) is 11.4 Å². The van der Waals surface area contributed by atoms with E-state index in [0.717, 1.165) is 38.2 Å². The van der Waals surface area contributed by atoms with Crippen molar-refractivity contribution in [3.05, 3.63) is 77.8 Å². The van der Waals surface area contributed by atoms with E-state index in [-0.39, 0.29) is 0 Å². The highest BCUT2D eigenvalue weighted by atomic mass is 35.5. The van der Waals surface area contributed by atoms with Gasteiger partial charge in [0.25, 0.3) is 0 Å². The first-order valence-corrected chi connectivity index (χ1v) is 7.49. The third-order valence-corrected chi connectivity index (χ3v) is 3.95. The van der Waals surface area contributed by atoms with Crippen molar-refractivity contribution in [2.75, 3.05) is 5.32 Å². The van der Waals surface area contributed by atoms with E-state index in [0.29, 0.717) is 0 Å². The zero-order valence-corrected chi connectivity index (χ0v) is 12.5. The average Bonchev–Trinajstić information content (AvgIpc) is 2.56. The van der Waals surface area contributed by atoms with E-state index >= 15 is 0 Å². The molecule has 4 aromatic rings. The Hall–Kier alpha value is -2.58. The Labute approximate surface area is 133 Å². The first-order valence-electron chi connectivity index (χ1n) is 7.11. The smallest absolute Gasteiger partial charge is 0.0730 e. The molecule has 22 heavy (non-hydrogen) atoms. The zero-order valence-electron chi connectivity index (χ0n) is 11.8. The van der Waals surface area contributed by atoms with E-state index in [4.69, 9.17) is 16.6 Å². The molecule has 0 saturated carbocycles. The van der Waals surface area contributed by atoms with Crippen LogP contribution in [0.15, 0.2) is 72.8 Å². The average molecular weight is 305 g/mol. The number of nitrogens with one attached hydrogen (secondary N) is 1. The van der Waals surface area contributed by atoms with Crippen molar-refractivity contribution in [1.29, 1.82) is 0 Å². The maximum Gasteiger partial charge on any atom is 0.0730 e. The SMILES string of the molecule is Clc1ccc(Nc2c3ccccc3nc3ccccc23)cc1. The number of halogens is 1. The maximum absolute atomic E-state index is 5.97. The van der Waals surface area contributed by atoms with Crippen molar-refractivity contribution in [2.24, 2.45) is 0 Å². The standard InChI is InChI=1S/C19H13ClN2/c20-13-9-11-14(12-10-13)21-19-15-5-1-3-7-17(15)22-18-8-4-2-6-16(18)19/h1-12H,(H,21,22). The first kappa shape index (κ1) is 13.1. The molecular weight excluding hydrogens is 292 g/mol. The lowest BCUT2D eigenvalue weighted by Gasteiger charge is -2.13. The Morgan fingerprint density at radius 3 is 1.82 bits per heavy atom. The van der Waals surface area contributed by atoms with E-state index in [1.165, 1.54) is 0 Å². The fourth-order valence-electron chi connectivity index (χ4n) is 2.65. The number of anilines is 2. The number of aromatic nitrogens is 1. The van der Waals surface area contributed by atoms with Crippen molar-refractivity contribution in [2.45, 2.75) is 0 Å². The predicted octanol–water partition coefficient (Wildman–Crippen LogP) is 5.79. The minimum absolute atomic E-state index is 0.731. The lowest BCUT2D eigenvalue weighted by molar-refractivity contribution is 1.48. The van der Waals surface area contributed by atoms with E-state index in [1.54, 1.807) is 0 Å². The molecule has 4 rings (SSSR count). The minimum atomic E-state index is 0.731. The second-order valence-electron chi connectivity index (χ2n) is 5.15. The summed E-state index contributed by atoms with van der Waals surface area (Å²) in [4.78, 5) is 4.73. The second-order valence-corrected chi connectivity index (χ2v) is 5.59. The Bertz CT molecular complexity index is 908. The van der Waals surface area contributed by atoms with Gasteiger partial charge < -0.3 is 5.32 Å². The van der Waals surface area contributed by atoms with Gasteiger partial charge in [-0.25, -0.2) is 4.98 Å². The molecule has 3 heteroatoms. The van der Waals surface area contributed by atoms with Crippen molar-refractivity contribution in [1.82, 2.24) is 4.98 Å². The molecule has 0 atom stereocenters. The summed E-state index contributed by atoms with van der Waals surface area (Å²) < 4.78 is 0. The van der Waals surface area contributed by atoms with Crippen LogP contribution in [0.2, 0.25) is 5.02 Å². The van der Waals surface area contributed by atoms with E-state index in [1.807, 2.05) is 60.7 Å². The van der Waals surface area contributed by atoms with Gasteiger partial charge in [-0.2, -0.15) is 0 Å². The van der Waals surface area contributed by atoms with Gasteiger partial charge in [-0.1, -0.05) is 48.0 Å². The normalized spacial score (nSPS) is 11.0. The van der Waals surface area contributed by atoms with E-state index < -0.39 is 0 Å². The number of rotatable bonds is 2. The maximum atomic E-state index is 5.97. The highest BCUT2D eigenvalue weighted by Crippen LogP contribution is 2.33. The van der Waals surface area contributed by atoms with Gasteiger partial charge in [-0.3, -0.25) is 0 Å². The van der Waals surface area contributed by atoms with Crippen molar-refractivity contribution < 1.29 is 0 Å². The fraction of sp³-hybridized carbons (Fsp3) is 0. The number of fused-ring (bicyclic) bond motifs is 2. The van der Waals surface area contributed by atoms with Gasteiger partial charge in [-0.15, -0.1) is 0 Å². The molecule has 0 radical (unpaired) electrons. The van der Waals surface area contributed by atoms with Gasteiger partial charge in [0.05, 0.1) is 16.7 Å². The van der Waals surface area contributed by atoms with Crippen LogP contribution in [-0.4, -0.2) is 4.98 Å². The molecule has 3 aromatic carbocycles. The van der Waals surface area contributed by atoms with E-state index in [2.05, 4.69) is 17.4 Å². The van der Waals surface area contributed by atoms with E-state index in [9.17, 15) is 0 Å². The Kier molecular flexibility index (Phi) is 3.17. The highest BCUT2D eigenvalue weighted by Gasteiger charge is 2.08. The molecule has 0 unspecified atom stereocenters. The molecule has 2 nitrogen and oxygen atoms in total. The van der Waals surface area contributed by atoms with Gasteiger partial charge in [-0.05, 0) is 36.4 Å². The molecule has 0 spiro atoms. The van der Waals surface area contributed by atoms with Crippen LogP contribution in [0.1, 0.15) is 0 Å². The Morgan fingerprint density at radius 2 is 1.23 bits per heavy atom. The number of benzene rings is 3. The van der Waals surface area contributed by atoms with Crippen LogP contribution < -0.4 is 5.32 Å². The summed E-state index contributed by atoms with van der Waals surface area (Å²) in [7, 11) is 0. The summed E-state index contributed by atoms with van der Waals surface area (Å²) in [5.41, 5.74) is 4.05. The predicted molar refractivity (Wildman–Crippen MR) is 94.0 cm³/mol. The van der Waals surface area contributed by atoms with Crippen LogP contribution in [-0.2, 0) is 0 Å². The van der Waals surface area contributed by atoms with Crippen molar-refractivity contribution >= 4 is 44.8 Å². The molecule has 0 saturated heterocycles. The lowest BCUT2D eigenvalue weighted by Crippen LogP contribution is -1.95. The van der Waals surface area contributed by atoms with Gasteiger partial charge in [0.2, 0.25) is 0 Å². The molecule has 1 aromatic heterocycles. The molecular formula is C19H13ClN2. The first-order chi connectivity index (χ1) is 10.8. The molecule has 1 heterocycles. The zero-order chi connectivity index (χ0) is 14.9. The topological polar surface area (TPSA) is 24.9 Å². The molecule has 1 N–H and O–H groups in total. The monoisotopic (exact) mass is 304 g/mol. The quantitative estimate of drug-likeness (QED) is 0.474. The molecule has 0 aliphatic rings. The summed E-state index contributed by atoms with van der Waals surface area (Å²) in [6.45, 7) is 0. The number of para-hydroxylation sites is 2. The van der Waals surface area contributed by atoms with Crippen LogP contribution in [0.25, 0.3) is 21.8 Å². The number of hydrogen-bond acceptors (Lipinski definition) is 2. The summed E-state index contributed by atoms with van der Waals surface area (Å²) >= 11 is 5.97. The minimum Gasteiger partial charge on any atom is -0.354 e. The van der Waals surface area contributed by atoms with Gasteiger partial charge >= 0.3 is 0 Å². The molecule has 0 bridgehead atoms. The van der Waals surface area contributed by atoms with Crippen LogP contribution in [0, 0.1) is 0 Å². The van der Waals surface area contributed by atoms with Gasteiger partial charge in [0, 0.05) is 21.5 Å². The van der Waals surface area contributed by atoms with Crippen LogP contribution in [0.5, 0.6) is 0 Å².